The predicted molar refractivity (Wildman–Crippen MR) is 80.8 cm³/mol. The van der Waals surface area contributed by atoms with Crippen molar-refractivity contribution in [3.63, 3.8) is 0 Å². The summed E-state index contributed by atoms with van der Waals surface area (Å²) >= 11 is 1.19. The van der Waals surface area contributed by atoms with Gasteiger partial charge in [-0.25, -0.2) is 4.79 Å². The Balaban J connectivity index is 2.01. The number of aromatic carboxylic acids is 1. The molecule has 3 N–H and O–H groups in total. The molecule has 7 heteroatoms. The summed E-state index contributed by atoms with van der Waals surface area (Å²) in [5, 5.41) is 18.7. The number of aryl methyl sites for hydroxylation is 2. The topological polar surface area (TPSA) is 95.1 Å². The smallest absolute Gasteiger partial charge is 0.336 e. The highest BCUT2D eigenvalue weighted by Crippen LogP contribution is 2.23. The van der Waals surface area contributed by atoms with Crippen LogP contribution in [0.3, 0.4) is 0 Å². The van der Waals surface area contributed by atoms with Gasteiger partial charge >= 0.3 is 5.97 Å². The van der Waals surface area contributed by atoms with Crippen molar-refractivity contribution in [1.82, 2.24) is 10.2 Å². The first-order chi connectivity index (χ1) is 9.99. The Labute approximate surface area is 126 Å². The van der Waals surface area contributed by atoms with Crippen molar-refractivity contribution in [2.24, 2.45) is 0 Å². The minimum Gasteiger partial charge on any atom is -0.478 e. The van der Waals surface area contributed by atoms with Crippen LogP contribution in [0.25, 0.3) is 0 Å². The second kappa shape index (κ2) is 6.45. The van der Waals surface area contributed by atoms with E-state index in [1.807, 2.05) is 6.92 Å². The van der Waals surface area contributed by atoms with Crippen molar-refractivity contribution in [2.45, 2.75) is 18.7 Å². The second-order valence-corrected chi connectivity index (χ2v) is 5.46. The lowest BCUT2D eigenvalue weighted by atomic mass is 10.2. The Hall–Kier alpha value is -2.28. The molecule has 2 rings (SSSR count). The van der Waals surface area contributed by atoms with E-state index >= 15 is 0 Å². The number of carbonyl (C=O) groups is 2. The monoisotopic (exact) mass is 305 g/mol. The molecule has 0 saturated heterocycles. The molecule has 0 atom stereocenters. The number of anilines is 1. The molecule has 21 heavy (non-hydrogen) atoms. The van der Waals surface area contributed by atoms with Crippen LogP contribution >= 0.6 is 11.8 Å². The van der Waals surface area contributed by atoms with Crippen molar-refractivity contribution in [3.05, 3.63) is 41.2 Å². The lowest BCUT2D eigenvalue weighted by molar-refractivity contribution is -0.113. The summed E-state index contributed by atoms with van der Waals surface area (Å²) in [6, 6.07) is 6.62. The van der Waals surface area contributed by atoms with E-state index in [9.17, 15) is 9.59 Å². The highest BCUT2D eigenvalue weighted by atomic mass is 32.2. The largest absolute Gasteiger partial charge is 0.478 e. The van der Waals surface area contributed by atoms with Gasteiger partial charge in [-0.15, -0.1) is 11.8 Å². The highest BCUT2D eigenvalue weighted by molar-refractivity contribution is 8.00. The summed E-state index contributed by atoms with van der Waals surface area (Å²) in [6.45, 7) is 3.62. The first kappa shape index (κ1) is 15.1. The highest BCUT2D eigenvalue weighted by Gasteiger charge is 2.13. The Morgan fingerprint density at radius 2 is 2.05 bits per heavy atom. The van der Waals surface area contributed by atoms with E-state index in [4.69, 9.17) is 5.11 Å². The van der Waals surface area contributed by atoms with Crippen molar-refractivity contribution in [3.8, 4) is 0 Å². The standard InChI is InChI=1S/C14H15N3O3S/c1-8-13(9(2)17-16-8)15-12(18)7-21-11-6-4-3-5-10(11)14(19)20/h3-6H,7H2,1-2H3,(H,15,18)(H,16,17)(H,19,20). The van der Waals surface area contributed by atoms with Crippen LogP contribution in [0.2, 0.25) is 0 Å². The third-order valence-corrected chi connectivity index (χ3v) is 3.94. The number of carbonyl (C=O) groups excluding carboxylic acids is 1. The van der Waals surface area contributed by atoms with Crippen LogP contribution in [-0.4, -0.2) is 32.9 Å². The van der Waals surface area contributed by atoms with Crippen LogP contribution in [0, 0.1) is 13.8 Å². The fourth-order valence-electron chi connectivity index (χ4n) is 1.82. The summed E-state index contributed by atoms with van der Waals surface area (Å²) in [4.78, 5) is 23.6. The predicted octanol–water partition coefficient (Wildman–Crippen LogP) is 2.46. The molecule has 1 aromatic carbocycles. The molecular formula is C14H15N3O3S. The number of amides is 1. The van der Waals surface area contributed by atoms with Gasteiger partial charge < -0.3 is 10.4 Å². The summed E-state index contributed by atoms with van der Waals surface area (Å²) in [5.74, 6) is -1.07. The Kier molecular flexibility index (Phi) is 4.64. The second-order valence-electron chi connectivity index (χ2n) is 4.45. The molecule has 1 aromatic heterocycles. The number of nitrogens with one attached hydrogen (secondary N) is 2. The van der Waals surface area contributed by atoms with Crippen molar-refractivity contribution in [1.29, 1.82) is 0 Å². The summed E-state index contributed by atoms with van der Waals surface area (Å²) in [6.07, 6.45) is 0. The van der Waals surface area contributed by atoms with Gasteiger partial charge in [-0.05, 0) is 26.0 Å². The average molecular weight is 305 g/mol. The quantitative estimate of drug-likeness (QED) is 0.738. The van der Waals surface area contributed by atoms with Gasteiger partial charge in [0.1, 0.15) is 0 Å². The van der Waals surface area contributed by atoms with Gasteiger partial charge in [-0.3, -0.25) is 9.89 Å². The first-order valence-electron chi connectivity index (χ1n) is 6.25. The molecule has 0 bridgehead atoms. The normalized spacial score (nSPS) is 10.4. The maximum atomic E-state index is 11.9. The number of carboxylic acids is 1. The molecular weight excluding hydrogens is 290 g/mol. The van der Waals surface area contributed by atoms with Crippen LogP contribution < -0.4 is 5.32 Å². The molecule has 1 amide bonds. The number of nitrogens with zero attached hydrogens (tertiary/aromatic N) is 1. The average Bonchev–Trinajstić information content (AvgIpc) is 2.77. The molecule has 0 unspecified atom stereocenters. The van der Waals surface area contributed by atoms with Crippen molar-refractivity contribution < 1.29 is 14.7 Å². The number of thioether (sulfide) groups is 1. The summed E-state index contributed by atoms with van der Waals surface area (Å²) < 4.78 is 0. The molecule has 0 fully saturated rings. The van der Waals surface area contributed by atoms with E-state index < -0.39 is 5.97 Å². The lowest BCUT2D eigenvalue weighted by Crippen LogP contribution is -2.15. The molecule has 0 spiro atoms. The van der Waals surface area contributed by atoms with Crippen molar-refractivity contribution in [2.75, 3.05) is 11.1 Å². The van der Waals surface area contributed by atoms with Gasteiger partial charge in [0.15, 0.2) is 0 Å². The fourth-order valence-corrected chi connectivity index (χ4v) is 2.67. The Bertz CT molecular complexity index is 662. The number of hydrogen-bond donors (Lipinski definition) is 3. The number of aromatic nitrogens is 2. The zero-order chi connectivity index (χ0) is 15.4. The van der Waals surface area contributed by atoms with Crippen LogP contribution in [0.15, 0.2) is 29.2 Å². The van der Waals surface area contributed by atoms with E-state index in [-0.39, 0.29) is 17.2 Å². The van der Waals surface area contributed by atoms with Crippen LogP contribution in [0.5, 0.6) is 0 Å². The number of benzene rings is 1. The fraction of sp³-hybridized carbons (Fsp3) is 0.214. The van der Waals surface area contributed by atoms with E-state index in [2.05, 4.69) is 15.5 Å². The van der Waals surface area contributed by atoms with Gasteiger partial charge in [-0.2, -0.15) is 5.10 Å². The van der Waals surface area contributed by atoms with E-state index in [0.717, 1.165) is 11.4 Å². The number of H-pyrrole nitrogens is 1. The van der Waals surface area contributed by atoms with E-state index in [1.54, 1.807) is 25.1 Å². The number of hydrogen-bond acceptors (Lipinski definition) is 4. The lowest BCUT2D eigenvalue weighted by Gasteiger charge is -2.07. The Morgan fingerprint density at radius 3 is 2.67 bits per heavy atom. The van der Waals surface area contributed by atoms with Gasteiger partial charge in [0.25, 0.3) is 0 Å². The van der Waals surface area contributed by atoms with Gasteiger partial charge in [0.05, 0.1) is 28.4 Å². The molecule has 0 saturated carbocycles. The minimum atomic E-state index is -1.000. The molecule has 0 aliphatic carbocycles. The van der Waals surface area contributed by atoms with Gasteiger partial charge in [0, 0.05) is 4.90 Å². The molecule has 110 valence electrons. The maximum Gasteiger partial charge on any atom is 0.336 e. The third-order valence-electron chi connectivity index (χ3n) is 2.87. The molecule has 2 aromatic rings. The van der Waals surface area contributed by atoms with E-state index in [0.29, 0.717) is 10.6 Å². The van der Waals surface area contributed by atoms with Crippen LogP contribution in [0.4, 0.5) is 5.69 Å². The van der Waals surface area contributed by atoms with Crippen LogP contribution in [-0.2, 0) is 4.79 Å². The van der Waals surface area contributed by atoms with Crippen molar-refractivity contribution >= 4 is 29.3 Å². The summed E-state index contributed by atoms with van der Waals surface area (Å²) in [7, 11) is 0. The number of aromatic amines is 1. The SMILES string of the molecule is Cc1n[nH]c(C)c1NC(=O)CSc1ccccc1C(=O)O. The maximum absolute atomic E-state index is 11.9. The summed E-state index contributed by atoms with van der Waals surface area (Å²) in [5.41, 5.74) is 2.38. The minimum absolute atomic E-state index is 0.133. The van der Waals surface area contributed by atoms with Gasteiger partial charge in [0.2, 0.25) is 5.91 Å². The zero-order valence-electron chi connectivity index (χ0n) is 11.6. The van der Waals surface area contributed by atoms with Crippen LogP contribution in [0.1, 0.15) is 21.7 Å². The molecule has 0 aliphatic heterocycles. The zero-order valence-corrected chi connectivity index (χ0v) is 12.5. The Morgan fingerprint density at radius 1 is 1.33 bits per heavy atom. The van der Waals surface area contributed by atoms with Gasteiger partial charge in [-0.1, -0.05) is 12.1 Å². The molecule has 1 heterocycles. The molecule has 0 radical (unpaired) electrons. The first-order valence-corrected chi connectivity index (χ1v) is 7.24. The van der Waals surface area contributed by atoms with E-state index in [1.165, 1.54) is 17.8 Å². The molecule has 0 aliphatic rings. The molecule has 6 nitrogen and oxygen atoms in total. The third kappa shape index (κ3) is 3.63. The number of carboxylic acid groups (broad SMARTS) is 1. The number of rotatable bonds is 5.